The van der Waals surface area contributed by atoms with Crippen LogP contribution in [0.5, 0.6) is 0 Å². The monoisotopic (exact) mass is 371 g/mol. The van der Waals surface area contributed by atoms with Gasteiger partial charge in [-0.1, -0.05) is 12.1 Å². The third-order valence-corrected chi connectivity index (χ3v) is 4.71. The molecule has 0 unspecified atom stereocenters. The molecule has 3 heterocycles. The number of oxazole rings is 1. The zero-order chi connectivity index (χ0) is 19.1. The van der Waals surface area contributed by atoms with E-state index in [1.165, 1.54) is 0 Å². The highest BCUT2D eigenvalue weighted by Crippen LogP contribution is 2.31. The van der Waals surface area contributed by atoms with Gasteiger partial charge in [0, 0.05) is 35.6 Å². The van der Waals surface area contributed by atoms with Gasteiger partial charge in [0.05, 0.1) is 11.8 Å². The van der Waals surface area contributed by atoms with Crippen molar-refractivity contribution in [3.63, 3.8) is 0 Å². The smallest absolute Gasteiger partial charge is 0.251 e. The van der Waals surface area contributed by atoms with Gasteiger partial charge in [0.15, 0.2) is 5.58 Å². The van der Waals surface area contributed by atoms with Crippen molar-refractivity contribution in [2.24, 2.45) is 0 Å². The van der Waals surface area contributed by atoms with E-state index in [0.29, 0.717) is 40.0 Å². The quantitative estimate of drug-likeness (QED) is 0.569. The second-order valence-electron chi connectivity index (χ2n) is 6.85. The van der Waals surface area contributed by atoms with Gasteiger partial charge in [0.2, 0.25) is 5.89 Å². The molecule has 0 saturated heterocycles. The van der Waals surface area contributed by atoms with Gasteiger partial charge in [-0.15, -0.1) is 0 Å². The van der Waals surface area contributed by atoms with Gasteiger partial charge in [-0.2, -0.15) is 0 Å². The number of carbonyl (C=O) groups is 1. The number of nitrogens with two attached hydrogens (primary N) is 1. The van der Waals surface area contributed by atoms with Gasteiger partial charge in [-0.25, -0.2) is 9.97 Å². The number of nitrogen functional groups attached to an aromatic ring is 1. The standard InChI is InChI=1S/C21H17N5O2/c22-19-16(21-26-17-11-23-7-6-18(17)28-21)9-14(10-24-19)12-2-1-3-13(8-12)20(27)25-15-4-5-15/h1-3,6-11,15H,4-5H2,(H2,22,24)(H,25,27). The number of hydrogen-bond acceptors (Lipinski definition) is 6. The summed E-state index contributed by atoms with van der Waals surface area (Å²) in [6.45, 7) is 0. The van der Waals surface area contributed by atoms with E-state index in [9.17, 15) is 4.79 Å². The lowest BCUT2D eigenvalue weighted by atomic mass is 10.0. The molecule has 0 bridgehead atoms. The van der Waals surface area contributed by atoms with Crippen LogP contribution in [0.4, 0.5) is 5.82 Å². The molecule has 0 aliphatic heterocycles. The number of rotatable bonds is 4. The lowest BCUT2D eigenvalue weighted by Gasteiger charge is -2.08. The van der Waals surface area contributed by atoms with Crippen LogP contribution in [-0.2, 0) is 0 Å². The average molecular weight is 371 g/mol. The predicted molar refractivity (Wildman–Crippen MR) is 105 cm³/mol. The molecule has 1 aromatic carbocycles. The van der Waals surface area contributed by atoms with E-state index in [2.05, 4.69) is 20.3 Å². The minimum Gasteiger partial charge on any atom is -0.436 e. The van der Waals surface area contributed by atoms with Crippen molar-refractivity contribution in [3.05, 3.63) is 60.6 Å². The molecule has 1 fully saturated rings. The first-order valence-electron chi connectivity index (χ1n) is 9.05. The van der Waals surface area contributed by atoms with Gasteiger partial charge < -0.3 is 15.5 Å². The predicted octanol–water partition coefficient (Wildman–Crippen LogP) is 3.43. The Hall–Kier alpha value is -3.74. The molecule has 0 radical (unpaired) electrons. The largest absolute Gasteiger partial charge is 0.436 e. The van der Waals surface area contributed by atoms with Gasteiger partial charge in [0.1, 0.15) is 11.3 Å². The zero-order valence-electron chi connectivity index (χ0n) is 14.9. The van der Waals surface area contributed by atoms with E-state index < -0.39 is 0 Å². The second-order valence-corrected chi connectivity index (χ2v) is 6.85. The second kappa shape index (κ2) is 6.45. The summed E-state index contributed by atoms with van der Waals surface area (Å²) in [6, 6.07) is 11.4. The number of aromatic nitrogens is 3. The van der Waals surface area contributed by atoms with Gasteiger partial charge in [0.25, 0.3) is 5.91 Å². The summed E-state index contributed by atoms with van der Waals surface area (Å²) in [6.07, 6.45) is 7.07. The number of amides is 1. The maximum Gasteiger partial charge on any atom is 0.251 e. The molecule has 1 amide bonds. The van der Waals surface area contributed by atoms with Crippen LogP contribution < -0.4 is 11.1 Å². The fourth-order valence-corrected chi connectivity index (χ4v) is 3.04. The van der Waals surface area contributed by atoms with Crippen molar-refractivity contribution in [2.45, 2.75) is 18.9 Å². The molecule has 3 aromatic heterocycles. The molecule has 3 N–H and O–H groups in total. The fraction of sp³-hybridized carbons (Fsp3) is 0.143. The minimum absolute atomic E-state index is 0.0561. The fourth-order valence-electron chi connectivity index (χ4n) is 3.04. The molecule has 138 valence electrons. The van der Waals surface area contributed by atoms with Crippen molar-refractivity contribution in [3.8, 4) is 22.6 Å². The lowest BCUT2D eigenvalue weighted by molar-refractivity contribution is 0.0951. The summed E-state index contributed by atoms with van der Waals surface area (Å²) >= 11 is 0. The summed E-state index contributed by atoms with van der Waals surface area (Å²) < 4.78 is 5.80. The molecular formula is C21H17N5O2. The van der Waals surface area contributed by atoms with Crippen LogP contribution >= 0.6 is 0 Å². The van der Waals surface area contributed by atoms with Crippen LogP contribution in [0.15, 0.2) is 59.4 Å². The zero-order valence-corrected chi connectivity index (χ0v) is 14.9. The van der Waals surface area contributed by atoms with E-state index in [0.717, 1.165) is 24.0 Å². The Labute approximate surface area is 160 Å². The van der Waals surface area contributed by atoms with Crippen LogP contribution in [0.2, 0.25) is 0 Å². The molecule has 1 aliphatic rings. The van der Waals surface area contributed by atoms with Gasteiger partial charge in [-0.3, -0.25) is 9.78 Å². The Morgan fingerprint density at radius 2 is 2.04 bits per heavy atom. The highest BCUT2D eigenvalue weighted by molar-refractivity contribution is 5.96. The maximum absolute atomic E-state index is 12.3. The van der Waals surface area contributed by atoms with Crippen LogP contribution in [0.3, 0.4) is 0 Å². The van der Waals surface area contributed by atoms with Crippen molar-refractivity contribution in [2.75, 3.05) is 5.73 Å². The van der Waals surface area contributed by atoms with Crippen LogP contribution in [0.1, 0.15) is 23.2 Å². The summed E-state index contributed by atoms with van der Waals surface area (Å²) in [7, 11) is 0. The Balaban J connectivity index is 1.52. The highest BCUT2D eigenvalue weighted by atomic mass is 16.3. The van der Waals surface area contributed by atoms with E-state index in [1.807, 2.05) is 24.3 Å². The van der Waals surface area contributed by atoms with Gasteiger partial charge in [-0.05, 0) is 36.6 Å². The molecule has 5 rings (SSSR count). The van der Waals surface area contributed by atoms with E-state index in [4.69, 9.17) is 10.2 Å². The normalized spacial score (nSPS) is 13.6. The van der Waals surface area contributed by atoms with Crippen LogP contribution in [-0.4, -0.2) is 26.9 Å². The summed E-state index contributed by atoms with van der Waals surface area (Å²) in [4.78, 5) is 25.1. The number of pyridine rings is 2. The molecular weight excluding hydrogens is 354 g/mol. The molecule has 7 nitrogen and oxygen atoms in total. The molecule has 28 heavy (non-hydrogen) atoms. The Morgan fingerprint density at radius 3 is 2.86 bits per heavy atom. The van der Waals surface area contributed by atoms with Crippen LogP contribution in [0, 0.1) is 0 Å². The first-order valence-corrected chi connectivity index (χ1v) is 9.05. The lowest BCUT2D eigenvalue weighted by Crippen LogP contribution is -2.25. The Kier molecular flexibility index (Phi) is 3.79. The molecule has 1 aliphatic carbocycles. The number of anilines is 1. The van der Waals surface area contributed by atoms with Crippen LogP contribution in [0.25, 0.3) is 33.7 Å². The Bertz CT molecular complexity index is 1160. The van der Waals surface area contributed by atoms with Gasteiger partial charge >= 0.3 is 0 Å². The topological polar surface area (TPSA) is 107 Å². The molecule has 0 atom stereocenters. The number of nitrogens with zero attached hydrogens (tertiary/aromatic N) is 3. The van der Waals surface area contributed by atoms with E-state index in [-0.39, 0.29) is 5.91 Å². The summed E-state index contributed by atoms with van der Waals surface area (Å²) in [5.41, 5.74) is 10.3. The highest BCUT2D eigenvalue weighted by Gasteiger charge is 2.24. The van der Waals surface area contributed by atoms with Crippen molar-refractivity contribution in [1.29, 1.82) is 0 Å². The third kappa shape index (κ3) is 3.07. The number of carbonyl (C=O) groups excluding carboxylic acids is 1. The minimum atomic E-state index is -0.0561. The number of nitrogens with one attached hydrogen (secondary N) is 1. The summed E-state index contributed by atoms with van der Waals surface area (Å²) in [5, 5.41) is 3.00. The molecule has 7 heteroatoms. The first kappa shape index (κ1) is 16.4. The maximum atomic E-state index is 12.3. The molecule has 1 saturated carbocycles. The average Bonchev–Trinajstić information content (AvgIpc) is 3.43. The third-order valence-electron chi connectivity index (χ3n) is 4.71. The molecule has 4 aromatic rings. The van der Waals surface area contributed by atoms with E-state index >= 15 is 0 Å². The summed E-state index contributed by atoms with van der Waals surface area (Å²) in [5.74, 6) is 0.655. The first-order chi connectivity index (χ1) is 13.7. The SMILES string of the molecule is Nc1ncc(-c2cccc(C(=O)NC3CC3)c2)cc1-c1nc2cnccc2o1. The number of fused-ring (bicyclic) bond motifs is 1. The number of hydrogen-bond donors (Lipinski definition) is 2. The molecule has 0 spiro atoms. The van der Waals surface area contributed by atoms with Crippen molar-refractivity contribution >= 4 is 22.8 Å². The van der Waals surface area contributed by atoms with E-state index in [1.54, 1.807) is 30.7 Å². The van der Waals surface area contributed by atoms with Crippen molar-refractivity contribution < 1.29 is 9.21 Å². The Morgan fingerprint density at radius 1 is 1.14 bits per heavy atom. The number of benzene rings is 1. The van der Waals surface area contributed by atoms with Crippen molar-refractivity contribution in [1.82, 2.24) is 20.3 Å².